The minimum absolute atomic E-state index is 0.144. The number of pyridine rings is 1. The maximum absolute atomic E-state index is 13.8. The van der Waals surface area contributed by atoms with Crippen LogP contribution in [0.2, 0.25) is 0 Å². The molecule has 5 aromatic rings. The van der Waals surface area contributed by atoms with E-state index in [1.54, 1.807) is 24.3 Å². The zero-order valence-electron chi connectivity index (χ0n) is 28.5. The van der Waals surface area contributed by atoms with Gasteiger partial charge in [0.05, 0.1) is 0 Å². The minimum atomic E-state index is -0.809. The van der Waals surface area contributed by atoms with Crippen LogP contribution in [0.3, 0.4) is 0 Å². The van der Waals surface area contributed by atoms with Gasteiger partial charge in [-0.25, -0.2) is 4.79 Å². The first-order valence-corrected chi connectivity index (χ1v) is 17.0. The number of H-pyrrole nitrogens is 1. The summed E-state index contributed by atoms with van der Waals surface area (Å²) in [5.41, 5.74) is 3.73. The molecule has 4 N–H and O–H groups in total. The highest BCUT2D eigenvalue weighted by atomic mass is 16.6. The van der Waals surface area contributed by atoms with Crippen LogP contribution in [-0.2, 0) is 20.7 Å². The van der Waals surface area contributed by atoms with Crippen molar-refractivity contribution in [2.24, 2.45) is 11.8 Å². The third-order valence-corrected chi connectivity index (χ3v) is 8.91. The Kier molecular flexibility index (Phi) is 10.5. The van der Waals surface area contributed by atoms with E-state index in [1.165, 1.54) is 0 Å². The van der Waals surface area contributed by atoms with Gasteiger partial charge >= 0.3 is 6.09 Å². The lowest BCUT2D eigenvalue weighted by Crippen LogP contribution is -2.48. The first kappa shape index (κ1) is 34.2. The average Bonchev–Trinajstić information content (AvgIpc) is 3.66. The van der Waals surface area contributed by atoms with Gasteiger partial charge in [0, 0.05) is 53.5 Å². The van der Waals surface area contributed by atoms with E-state index >= 15 is 0 Å². The predicted octanol–water partition coefficient (Wildman–Crippen LogP) is 6.08. The molecule has 0 bridgehead atoms. The molecule has 1 aliphatic carbocycles. The van der Waals surface area contributed by atoms with E-state index in [2.05, 4.69) is 47.6 Å². The average molecular weight is 675 g/mol. The topological polar surface area (TPSA) is 164 Å². The Morgan fingerprint density at radius 3 is 2.32 bits per heavy atom. The molecular weight excluding hydrogens is 632 g/mol. The Bertz CT molecular complexity index is 1910. The fourth-order valence-electron chi connectivity index (χ4n) is 6.29. The maximum Gasteiger partial charge on any atom is 0.407 e. The molecule has 1 fully saturated rings. The number of rotatable bonds is 10. The Morgan fingerprint density at radius 1 is 0.900 bits per heavy atom. The minimum Gasteiger partial charge on any atom is -0.444 e. The van der Waals surface area contributed by atoms with Crippen molar-refractivity contribution in [1.29, 1.82) is 0 Å². The largest absolute Gasteiger partial charge is 0.444 e. The van der Waals surface area contributed by atoms with Gasteiger partial charge in [0.2, 0.25) is 17.6 Å². The van der Waals surface area contributed by atoms with E-state index in [0.29, 0.717) is 37.3 Å². The molecule has 0 aliphatic heterocycles. The van der Waals surface area contributed by atoms with Gasteiger partial charge in [-0.2, -0.15) is 5.21 Å². The zero-order valence-corrected chi connectivity index (χ0v) is 28.5. The van der Waals surface area contributed by atoms with Crippen molar-refractivity contribution in [3.63, 3.8) is 0 Å². The monoisotopic (exact) mass is 674 g/mol. The van der Waals surface area contributed by atoms with E-state index in [0.717, 1.165) is 45.9 Å². The van der Waals surface area contributed by atoms with Crippen LogP contribution in [0.1, 0.15) is 52.0 Å². The molecule has 2 aromatic heterocycles. The molecule has 0 radical (unpaired) electrons. The van der Waals surface area contributed by atoms with Gasteiger partial charge in [-0.15, -0.1) is 10.2 Å². The summed E-state index contributed by atoms with van der Waals surface area (Å²) < 4.78 is 5.35. The highest BCUT2D eigenvalue weighted by Gasteiger charge is 2.30. The van der Waals surface area contributed by atoms with Crippen molar-refractivity contribution in [3.05, 3.63) is 90.8 Å². The van der Waals surface area contributed by atoms with Crippen molar-refractivity contribution < 1.29 is 19.1 Å². The van der Waals surface area contributed by atoms with Crippen molar-refractivity contribution in [3.8, 4) is 22.5 Å². The number of nitrogens with one attached hydrogen (secondary N) is 4. The third kappa shape index (κ3) is 8.87. The molecule has 12 heteroatoms. The molecular formula is C38H42N8O4. The highest BCUT2D eigenvalue weighted by Crippen LogP contribution is 2.30. The lowest BCUT2D eigenvalue weighted by Gasteiger charge is -2.29. The first-order chi connectivity index (χ1) is 24.1. The lowest BCUT2D eigenvalue weighted by atomic mass is 9.81. The predicted molar refractivity (Wildman–Crippen MR) is 191 cm³/mol. The van der Waals surface area contributed by atoms with Crippen molar-refractivity contribution >= 4 is 34.4 Å². The van der Waals surface area contributed by atoms with Crippen LogP contribution in [0.15, 0.2) is 85.2 Å². The molecule has 1 unspecified atom stereocenters. The Labute approximate surface area is 290 Å². The molecule has 3 aromatic carbocycles. The number of benzene rings is 3. The van der Waals surface area contributed by atoms with Gasteiger partial charge in [-0.05, 0) is 98.4 Å². The van der Waals surface area contributed by atoms with E-state index in [-0.39, 0.29) is 23.7 Å². The van der Waals surface area contributed by atoms with Gasteiger partial charge in [-0.1, -0.05) is 48.5 Å². The van der Waals surface area contributed by atoms with E-state index in [9.17, 15) is 14.4 Å². The normalized spacial score (nSPS) is 16.7. The number of alkyl carbamates (subject to hydrolysis) is 1. The number of carbonyl (C=O) groups excluding carboxylic acids is 3. The second kappa shape index (κ2) is 15.3. The number of hydrogen-bond acceptors (Lipinski definition) is 8. The van der Waals surface area contributed by atoms with Gasteiger partial charge in [-0.3, -0.25) is 14.6 Å². The fourth-order valence-corrected chi connectivity index (χ4v) is 6.29. The number of aromatic amines is 1. The lowest BCUT2D eigenvalue weighted by molar-refractivity contribution is -0.130. The van der Waals surface area contributed by atoms with Crippen LogP contribution in [0, 0.1) is 11.8 Å². The van der Waals surface area contributed by atoms with Crippen molar-refractivity contribution in [1.82, 2.24) is 36.2 Å². The molecule has 258 valence electrons. The molecule has 12 nitrogen and oxygen atoms in total. The quantitative estimate of drug-likeness (QED) is 0.139. The Morgan fingerprint density at radius 2 is 1.62 bits per heavy atom. The van der Waals surface area contributed by atoms with Crippen LogP contribution >= 0.6 is 0 Å². The number of nitrogens with zero attached hydrogens (tertiary/aromatic N) is 4. The van der Waals surface area contributed by atoms with Crippen LogP contribution < -0.4 is 16.0 Å². The first-order valence-electron chi connectivity index (χ1n) is 17.0. The number of amides is 3. The summed E-state index contributed by atoms with van der Waals surface area (Å²) in [5.74, 6) is 0.0269. The smallest absolute Gasteiger partial charge is 0.407 e. The highest BCUT2D eigenvalue weighted by molar-refractivity contribution is 5.98. The van der Waals surface area contributed by atoms with Crippen LogP contribution in [0.5, 0.6) is 0 Å². The maximum atomic E-state index is 13.8. The van der Waals surface area contributed by atoms with Crippen molar-refractivity contribution in [2.45, 2.75) is 64.5 Å². The van der Waals surface area contributed by atoms with Crippen LogP contribution in [-0.4, -0.2) is 61.7 Å². The summed E-state index contributed by atoms with van der Waals surface area (Å²) in [7, 11) is 0. The fraction of sp³-hybridized carbons (Fsp3) is 0.342. The Balaban J connectivity index is 1.12. The second-order valence-electron chi connectivity index (χ2n) is 13.8. The summed E-state index contributed by atoms with van der Waals surface area (Å²) in [5, 5.41) is 25.1. The zero-order chi connectivity index (χ0) is 35.1. The molecule has 6 rings (SSSR count). The number of ether oxygens (including phenoxy) is 1. The summed E-state index contributed by atoms with van der Waals surface area (Å²) in [6.45, 7) is 6.00. The number of hydrogen-bond donors (Lipinski definition) is 4. The number of anilines is 1. The summed E-state index contributed by atoms with van der Waals surface area (Å²) in [6, 6.07) is 22.5. The third-order valence-electron chi connectivity index (χ3n) is 8.91. The number of aromatic nitrogens is 5. The van der Waals surface area contributed by atoms with Gasteiger partial charge in [0.15, 0.2) is 0 Å². The van der Waals surface area contributed by atoms with Crippen molar-refractivity contribution in [2.75, 3.05) is 11.9 Å². The van der Waals surface area contributed by atoms with Gasteiger partial charge < -0.3 is 20.7 Å². The van der Waals surface area contributed by atoms with Crippen LogP contribution in [0.25, 0.3) is 33.3 Å². The number of fused-ring (bicyclic) bond motifs is 1. The second-order valence-corrected chi connectivity index (χ2v) is 13.8. The van der Waals surface area contributed by atoms with E-state index in [4.69, 9.17) is 4.74 Å². The number of tetrazole rings is 1. The van der Waals surface area contributed by atoms with E-state index in [1.807, 2.05) is 75.6 Å². The molecule has 3 amide bonds. The molecule has 0 spiro atoms. The molecule has 1 atom stereocenters. The Hall–Kier alpha value is -5.65. The summed E-state index contributed by atoms with van der Waals surface area (Å²) >= 11 is 0. The molecule has 1 aliphatic rings. The van der Waals surface area contributed by atoms with Gasteiger partial charge in [0.1, 0.15) is 11.6 Å². The summed E-state index contributed by atoms with van der Waals surface area (Å²) in [4.78, 5) is 43.9. The molecule has 1 saturated carbocycles. The standard InChI is InChI=1S/C38H42N8O4/c1-38(2,3)50-37(49)40-21-25-10-14-28(15-11-25)35(47)42-33(36(48)41-30-18-16-27(17-19-30)34-43-45-46-44-34)20-24-8-12-26(13-9-24)32-23-39-22-29-6-4-5-7-31(29)32/h4-9,12-13,16-19,22-23,25,28,33H,10-11,14-15,20-21H2,1-3H3,(H,40,49)(H,41,48)(H,42,47)(H,43,44,45,46). The van der Waals surface area contributed by atoms with Crippen LogP contribution in [0.4, 0.5) is 10.5 Å². The van der Waals surface area contributed by atoms with Gasteiger partial charge in [0.25, 0.3) is 0 Å². The molecule has 2 heterocycles. The molecule has 50 heavy (non-hydrogen) atoms. The van der Waals surface area contributed by atoms with E-state index < -0.39 is 17.7 Å². The number of carbonyl (C=O) groups is 3. The SMILES string of the molecule is CC(C)(C)OC(=O)NCC1CCC(C(=O)NC(Cc2ccc(-c3cncc4ccccc34)cc2)C(=O)Nc2ccc(-c3nn[nH]n3)cc2)CC1. The summed E-state index contributed by atoms with van der Waals surface area (Å²) in [6.07, 6.45) is 6.52. The molecule has 0 saturated heterocycles.